The molecule has 0 saturated heterocycles. The molecule has 0 aliphatic carbocycles. The topological polar surface area (TPSA) is 85.3 Å². The van der Waals surface area contributed by atoms with Crippen molar-refractivity contribution in [3.8, 4) is 11.4 Å². The summed E-state index contributed by atoms with van der Waals surface area (Å²) in [5, 5.41) is 12.4. The molecule has 82 valence electrons. The van der Waals surface area contributed by atoms with E-state index in [4.69, 9.17) is 5.11 Å². The molecule has 0 aliphatic heterocycles. The van der Waals surface area contributed by atoms with Crippen LogP contribution in [-0.2, 0) is 7.05 Å². The Kier molecular flexibility index (Phi) is 2.32. The Morgan fingerprint density at radius 3 is 2.81 bits per heavy atom. The zero-order valence-corrected chi connectivity index (χ0v) is 8.38. The number of hydrogen-bond acceptors (Lipinski definition) is 4. The Balaban J connectivity index is 2.57. The monoisotopic (exact) mass is 220 g/mol. The van der Waals surface area contributed by atoms with Gasteiger partial charge in [0.25, 0.3) is 0 Å². The summed E-state index contributed by atoms with van der Waals surface area (Å²) in [4.78, 5) is 21.8. The smallest absolute Gasteiger partial charge is 0.441 e. The lowest BCUT2D eigenvalue weighted by molar-refractivity contribution is 0.0697. The molecule has 16 heavy (non-hydrogen) atoms. The number of benzene rings is 1. The molecule has 1 heterocycles. The van der Waals surface area contributed by atoms with Crippen LogP contribution in [-0.4, -0.2) is 20.8 Å². The van der Waals surface area contributed by atoms with E-state index in [1.165, 1.54) is 23.7 Å². The van der Waals surface area contributed by atoms with Gasteiger partial charge in [-0.05, 0) is 12.1 Å². The number of aromatic carboxylic acids is 1. The van der Waals surface area contributed by atoms with Crippen LogP contribution in [0.4, 0.5) is 0 Å². The van der Waals surface area contributed by atoms with E-state index in [-0.39, 0.29) is 5.56 Å². The number of nitrogens with zero attached hydrogens (tertiary/aromatic N) is 2. The fourth-order valence-corrected chi connectivity index (χ4v) is 1.33. The van der Waals surface area contributed by atoms with Crippen LogP contribution < -0.4 is 5.76 Å². The predicted molar refractivity (Wildman–Crippen MR) is 54.1 cm³/mol. The van der Waals surface area contributed by atoms with Gasteiger partial charge in [-0.15, -0.1) is 0 Å². The fourth-order valence-electron chi connectivity index (χ4n) is 1.33. The van der Waals surface area contributed by atoms with Crippen LogP contribution in [0.5, 0.6) is 0 Å². The summed E-state index contributed by atoms with van der Waals surface area (Å²) in [6, 6.07) is 6.13. The van der Waals surface area contributed by atoms with Crippen LogP contribution in [0.2, 0.25) is 0 Å². The van der Waals surface area contributed by atoms with E-state index in [2.05, 4.69) is 9.68 Å². The molecule has 0 spiro atoms. The summed E-state index contributed by atoms with van der Waals surface area (Å²) in [6.07, 6.45) is 0. The van der Waals surface area contributed by atoms with Gasteiger partial charge in [-0.2, -0.15) is 0 Å². The number of hydrogen-bond donors (Lipinski definition) is 1. The third-order valence-corrected chi connectivity index (χ3v) is 2.17. The summed E-state index contributed by atoms with van der Waals surface area (Å²) in [5.74, 6) is -1.32. The van der Waals surface area contributed by atoms with Crippen molar-refractivity contribution < 1.29 is 14.4 Å². The SMILES string of the molecule is Cn1c(-c2cccc(C(=O)O)c2)noc1=O. The number of carbonyl (C=O) groups is 1. The van der Waals surface area contributed by atoms with Crippen molar-refractivity contribution in [2.24, 2.45) is 7.05 Å². The Bertz CT molecular complexity index is 597. The van der Waals surface area contributed by atoms with E-state index in [0.717, 1.165) is 0 Å². The Morgan fingerprint density at radius 2 is 2.25 bits per heavy atom. The number of carboxylic acids is 1. The third kappa shape index (κ3) is 1.60. The molecule has 2 rings (SSSR count). The van der Waals surface area contributed by atoms with Crippen molar-refractivity contribution in [1.29, 1.82) is 0 Å². The summed E-state index contributed by atoms with van der Waals surface area (Å²) >= 11 is 0. The van der Waals surface area contributed by atoms with Gasteiger partial charge in [0.05, 0.1) is 5.56 Å². The zero-order chi connectivity index (χ0) is 11.7. The van der Waals surface area contributed by atoms with Crippen molar-refractivity contribution >= 4 is 5.97 Å². The molecule has 2 aromatic rings. The van der Waals surface area contributed by atoms with Crippen LogP contribution in [0.15, 0.2) is 33.6 Å². The normalized spacial score (nSPS) is 10.3. The highest BCUT2D eigenvalue weighted by Gasteiger charge is 2.11. The number of aromatic nitrogens is 2. The van der Waals surface area contributed by atoms with Crippen LogP contribution in [0, 0.1) is 0 Å². The maximum Gasteiger partial charge on any atom is 0.441 e. The highest BCUT2D eigenvalue weighted by atomic mass is 16.5. The molecular formula is C10H8N2O4. The van der Waals surface area contributed by atoms with Gasteiger partial charge < -0.3 is 5.11 Å². The largest absolute Gasteiger partial charge is 0.478 e. The summed E-state index contributed by atoms with van der Waals surface area (Å²) in [6.45, 7) is 0. The Morgan fingerprint density at radius 1 is 1.50 bits per heavy atom. The van der Waals surface area contributed by atoms with Crippen molar-refractivity contribution in [2.45, 2.75) is 0 Å². The molecule has 0 bridgehead atoms. The van der Waals surface area contributed by atoms with E-state index in [1.54, 1.807) is 12.1 Å². The highest BCUT2D eigenvalue weighted by Crippen LogP contribution is 2.16. The Hall–Kier alpha value is -2.37. The van der Waals surface area contributed by atoms with Crippen LogP contribution in [0.25, 0.3) is 11.4 Å². The van der Waals surface area contributed by atoms with Crippen LogP contribution >= 0.6 is 0 Å². The minimum atomic E-state index is -1.03. The Labute approximate surface area is 89.7 Å². The zero-order valence-electron chi connectivity index (χ0n) is 8.38. The maximum atomic E-state index is 11.0. The first-order valence-corrected chi connectivity index (χ1v) is 4.46. The molecule has 1 aromatic heterocycles. The van der Waals surface area contributed by atoms with E-state index in [9.17, 15) is 9.59 Å². The lowest BCUT2D eigenvalue weighted by Gasteiger charge is -1.99. The highest BCUT2D eigenvalue weighted by molar-refractivity contribution is 5.89. The molecule has 0 amide bonds. The minimum Gasteiger partial charge on any atom is -0.478 e. The first kappa shape index (κ1) is 10.2. The number of carboxylic acid groups (broad SMARTS) is 1. The molecule has 0 saturated carbocycles. The molecule has 0 atom stereocenters. The molecular weight excluding hydrogens is 212 g/mol. The molecule has 0 unspecified atom stereocenters. The summed E-state index contributed by atoms with van der Waals surface area (Å²) in [5.41, 5.74) is 0.654. The summed E-state index contributed by atoms with van der Waals surface area (Å²) < 4.78 is 5.67. The lowest BCUT2D eigenvalue weighted by Crippen LogP contribution is -2.10. The van der Waals surface area contributed by atoms with Crippen molar-refractivity contribution in [2.75, 3.05) is 0 Å². The number of rotatable bonds is 2. The second kappa shape index (κ2) is 3.65. The van der Waals surface area contributed by atoms with Gasteiger partial charge in [0, 0.05) is 12.6 Å². The van der Waals surface area contributed by atoms with Gasteiger partial charge in [0.1, 0.15) is 0 Å². The molecule has 0 aliphatic rings. The van der Waals surface area contributed by atoms with E-state index in [1.807, 2.05) is 0 Å². The molecule has 1 N–H and O–H groups in total. The van der Waals surface area contributed by atoms with Crippen LogP contribution in [0.1, 0.15) is 10.4 Å². The molecule has 1 aromatic carbocycles. The minimum absolute atomic E-state index is 0.132. The standard InChI is InChI=1S/C10H8N2O4/c1-12-8(11-16-10(12)15)6-3-2-4-7(5-6)9(13)14/h2-5H,1H3,(H,13,14). The van der Waals surface area contributed by atoms with Gasteiger partial charge in [-0.25, -0.2) is 9.59 Å². The van der Waals surface area contributed by atoms with Crippen molar-refractivity contribution in [3.05, 3.63) is 40.4 Å². The van der Waals surface area contributed by atoms with Gasteiger partial charge >= 0.3 is 11.7 Å². The molecule has 6 heteroatoms. The first-order chi connectivity index (χ1) is 7.59. The van der Waals surface area contributed by atoms with Crippen molar-refractivity contribution in [3.63, 3.8) is 0 Å². The van der Waals surface area contributed by atoms with Crippen molar-refractivity contribution in [1.82, 2.24) is 9.72 Å². The predicted octanol–water partition coefficient (Wildman–Crippen LogP) is 0.738. The summed E-state index contributed by atoms with van der Waals surface area (Å²) in [7, 11) is 1.50. The van der Waals surface area contributed by atoms with Gasteiger partial charge in [-0.3, -0.25) is 9.09 Å². The molecule has 6 nitrogen and oxygen atoms in total. The lowest BCUT2D eigenvalue weighted by atomic mass is 10.1. The van der Waals surface area contributed by atoms with Gasteiger partial charge in [-0.1, -0.05) is 17.3 Å². The third-order valence-electron chi connectivity index (χ3n) is 2.17. The quantitative estimate of drug-likeness (QED) is 0.806. The van der Waals surface area contributed by atoms with E-state index in [0.29, 0.717) is 11.4 Å². The van der Waals surface area contributed by atoms with Gasteiger partial charge in [0.15, 0.2) is 5.82 Å². The fraction of sp³-hybridized carbons (Fsp3) is 0.100. The van der Waals surface area contributed by atoms with E-state index < -0.39 is 11.7 Å². The average molecular weight is 220 g/mol. The molecule has 0 radical (unpaired) electrons. The van der Waals surface area contributed by atoms with Gasteiger partial charge in [0.2, 0.25) is 0 Å². The van der Waals surface area contributed by atoms with E-state index >= 15 is 0 Å². The molecule has 0 fully saturated rings. The van der Waals surface area contributed by atoms with Crippen LogP contribution in [0.3, 0.4) is 0 Å². The maximum absolute atomic E-state index is 11.0. The second-order valence-electron chi connectivity index (χ2n) is 3.22. The first-order valence-electron chi connectivity index (χ1n) is 4.46. The second-order valence-corrected chi connectivity index (χ2v) is 3.22. The average Bonchev–Trinajstić information content (AvgIpc) is 2.60.